The lowest BCUT2D eigenvalue weighted by Crippen LogP contribution is -2.30. The van der Waals surface area contributed by atoms with Gasteiger partial charge in [-0.05, 0) is 96.3 Å². The largest absolute Gasteiger partial charge is 0.462 e. The fourth-order valence-electron chi connectivity index (χ4n) is 5.75. The number of allylic oxidation sites excluding steroid dienone is 16. The number of ether oxygens (including phenoxy) is 3. The first-order valence-corrected chi connectivity index (χ1v) is 22.8. The molecule has 1 atom stereocenters. The third-order valence-electron chi connectivity index (χ3n) is 9.15. The second-order valence-electron chi connectivity index (χ2n) is 14.6. The molecule has 6 nitrogen and oxygen atoms in total. The average Bonchev–Trinajstić information content (AvgIpc) is 3.21. The number of rotatable bonds is 39. The fourth-order valence-corrected chi connectivity index (χ4v) is 5.75. The van der Waals surface area contributed by atoms with Crippen LogP contribution >= 0.6 is 0 Å². The van der Waals surface area contributed by atoms with Crippen molar-refractivity contribution in [2.24, 2.45) is 0 Å². The predicted molar refractivity (Wildman–Crippen MR) is 242 cm³/mol. The first-order valence-electron chi connectivity index (χ1n) is 22.8. The van der Waals surface area contributed by atoms with E-state index in [1.165, 1.54) is 32.1 Å². The summed E-state index contributed by atoms with van der Waals surface area (Å²) in [6.07, 6.45) is 58.2. The van der Waals surface area contributed by atoms with Gasteiger partial charge in [0.1, 0.15) is 13.2 Å². The molecule has 0 bridgehead atoms. The number of carbonyl (C=O) groups is 3. The second kappa shape index (κ2) is 45.0. The van der Waals surface area contributed by atoms with E-state index in [1.54, 1.807) is 0 Å². The van der Waals surface area contributed by atoms with Gasteiger partial charge in [-0.25, -0.2) is 0 Å². The first-order chi connectivity index (χ1) is 28.0. The molecule has 0 aliphatic carbocycles. The van der Waals surface area contributed by atoms with Gasteiger partial charge in [-0.1, -0.05) is 169 Å². The molecule has 0 aliphatic heterocycles. The molecule has 0 saturated carbocycles. The Hall–Kier alpha value is -3.67. The summed E-state index contributed by atoms with van der Waals surface area (Å²) < 4.78 is 16.6. The second-order valence-corrected chi connectivity index (χ2v) is 14.6. The minimum Gasteiger partial charge on any atom is -0.462 e. The van der Waals surface area contributed by atoms with Crippen LogP contribution in [0, 0.1) is 0 Å². The van der Waals surface area contributed by atoms with Crippen molar-refractivity contribution in [3.63, 3.8) is 0 Å². The van der Waals surface area contributed by atoms with Gasteiger partial charge >= 0.3 is 17.9 Å². The molecule has 1 unspecified atom stereocenters. The van der Waals surface area contributed by atoms with Crippen LogP contribution in [0.15, 0.2) is 97.2 Å². The normalized spacial score (nSPS) is 13.0. The van der Waals surface area contributed by atoms with Crippen molar-refractivity contribution in [3.05, 3.63) is 97.2 Å². The molecule has 0 spiro atoms. The van der Waals surface area contributed by atoms with E-state index >= 15 is 0 Å². The van der Waals surface area contributed by atoms with Crippen molar-refractivity contribution in [2.75, 3.05) is 13.2 Å². The van der Waals surface area contributed by atoms with E-state index in [9.17, 15) is 14.4 Å². The molecule has 0 saturated heterocycles. The molecule has 6 heteroatoms. The predicted octanol–water partition coefficient (Wildman–Crippen LogP) is 14.6. The van der Waals surface area contributed by atoms with Crippen LogP contribution in [0.25, 0.3) is 0 Å². The zero-order valence-corrected chi connectivity index (χ0v) is 36.6. The van der Waals surface area contributed by atoms with Crippen molar-refractivity contribution in [2.45, 2.75) is 194 Å². The number of unbranched alkanes of at least 4 members (excludes halogenated alkanes) is 15. The molecule has 57 heavy (non-hydrogen) atoms. The van der Waals surface area contributed by atoms with Crippen LogP contribution in [-0.4, -0.2) is 37.2 Å². The molecule has 322 valence electrons. The highest BCUT2D eigenvalue weighted by Crippen LogP contribution is 2.12. The summed E-state index contributed by atoms with van der Waals surface area (Å²) in [5.41, 5.74) is 0. The zero-order valence-electron chi connectivity index (χ0n) is 36.6. The lowest BCUT2D eigenvalue weighted by molar-refractivity contribution is -0.167. The molecule has 0 N–H and O–H groups in total. The first kappa shape index (κ1) is 53.3. The monoisotopic (exact) mass is 791 g/mol. The Bertz CT molecular complexity index is 1180. The molecule has 0 aromatic rings. The molecule has 0 heterocycles. The van der Waals surface area contributed by atoms with Crippen molar-refractivity contribution in [1.29, 1.82) is 0 Å². The van der Waals surface area contributed by atoms with E-state index in [2.05, 4.69) is 93.7 Å². The van der Waals surface area contributed by atoms with Crippen molar-refractivity contribution >= 4 is 17.9 Å². The Balaban J connectivity index is 4.51. The van der Waals surface area contributed by atoms with Crippen LogP contribution < -0.4 is 0 Å². The Morgan fingerprint density at radius 2 is 0.772 bits per heavy atom. The Kier molecular flexibility index (Phi) is 42.1. The molecular formula is C51H82O6. The van der Waals surface area contributed by atoms with Gasteiger partial charge in [0.05, 0.1) is 0 Å². The minimum atomic E-state index is -0.809. The summed E-state index contributed by atoms with van der Waals surface area (Å²) in [6, 6.07) is 0. The number of hydrogen-bond acceptors (Lipinski definition) is 6. The Morgan fingerprint density at radius 1 is 0.386 bits per heavy atom. The van der Waals surface area contributed by atoms with E-state index in [0.29, 0.717) is 19.3 Å². The quantitative estimate of drug-likeness (QED) is 0.0203. The van der Waals surface area contributed by atoms with Crippen LogP contribution in [0.1, 0.15) is 188 Å². The number of hydrogen-bond donors (Lipinski definition) is 0. The highest BCUT2D eigenvalue weighted by atomic mass is 16.6. The summed E-state index contributed by atoms with van der Waals surface area (Å²) in [7, 11) is 0. The third-order valence-corrected chi connectivity index (χ3v) is 9.15. The summed E-state index contributed by atoms with van der Waals surface area (Å²) in [5, 5.41) is 0. The zero-order chi connectivity index (χ0) is 41.5. The van der Waals surface area contributed by atoms with Gasteiger partial charge in [0.15, 0.2) is 6.10 Å². The highest BCUT2D eigenvalue weighted by Gasteiger charge is 2.19. The van der Waals surface area contributed by atoms with E-state index in [1.807, 2.05) is 24.3 Å². The van der Waals surface area contributed by atoms with Crippen LogP contribution in [-0.2, 0) is 28.6 Å². The van der Waals surface area contributed by atoms with Gasteiger partial charge in [0.25, 0.3) is 0 Å². The standard InChI is InChI=1S/C51H82O6/c1-4-7-10-13-16-19-22-25-26-27-30-32-35-38-41-44-50(53)56-47-48(57-51(54)45-42-39-36-33-29-24-21-18-15-12-9-6-3)46-55-49(52)43-40-37-34-31-28-23-20-17-14-11-8-5-2/h7,9-10,12-13,16-22,25-26,29,33,48H,4-6,8,11,14-15,23-24,27-28,30-32,34-47H2,1-3H3/b10-7-,12-9-,16-13-,20-17-,21-18-,22-19-,26-25-,33-29-. The lowest BCUT2D eigenvalue weighted by atomic mass is 10.1. The fraction of sp³-hybridized carbons (Fsp3) is 0.627. The van der Waals surface area contributed by atoms with Gasteiger partial charge in [0.2, 0.25) is 0 Å². The van der Waals surface area contributed by atoms with Crippen LogP contribution in [0.4, 0.5) is 0 Å². The minimum absolute atomic E-state index is 0.107. The number of esters is 3. The average molecular weight is 791 g/mol. The van der Waals surface area contributed by atoms with Gasteiger partial charge < -0.3 is 14.2 Å². The maximum absolute atomic E-state index is 12.7. The van der Waals surface area contributed by atoms with E-state index in [-0.39, 0.29) is 37.5 Å². The molecule has 0 rings (SSSR count). The number of carbonyl (C=O) groups excluding carboxylic acids is 3. The van der Waals surface area contributed by atoms with Gasteiger partial charge in [-0.15, -0.1) is 0 Å². The highest BCUT2D eigenvalue weighted by molar-refractivity contribution is 5.71. The van der Waals surface area contributed by atoms with Gasteiger partial charge in [0, 0.05) is 19.3 Å². The van der Waals surface area contributed by atoms with Crippen molar-refractivity contribution in [1.82, 2.24) is 0 Å². The summed E-state index contributed by atoms with van der Waals surface area (Å²) in [5.74, 6) is -0.990. The maximum Gasteiger partial charge on any atom is 0.306 e. The smallest absolute Gasteiger partial charge is 0.306 e. The van der Waals surface area contributed by atoms with Crippen LogP contribution in [0.3, 0.4) is 0 Å². The van der Waals surface area contributed by atoms with Crippen LogP contribution in [0.5, 0.6) is 0 Å². The summed E-state index contributed by atoms with van der Waals surface area (Å²) in [6.45, 7) is 6.27. The topological polar surface area (TPSA) is 78.9 Å². The van der Waals surface area contributed by atoms with Crippen molar-refractivity contribution < 1.29 is 28.6 Å². The van der Waals surface area contributed by atoms with E-state index in [4.69, 9.17) is 14.2 Å². The summed E-state index contributed by atoms with van der Waals surface area (Å²) in [4.78, 5) is 37.7. The van der Waals surface area contributed by atoms with Gasteiger partial charge in [-0.3, -0.25) is 14.4 Å². The van der Waals surface area contributed by atoms with Gasteiger partial charge in [-0.2, -0.15) is 0 Å². The summed E-state index contributed by atoms with van der Waals surface area (Å²) >= 11 is 0. The SMILES string of the molecule is CC\C=C/C=C\C=C/C=C\CCCCCCCC(=O)OCC(COC(=O)CCCCCCC/C=C\CCCCC)OC(=O)CCCC/C=C\C/C=C\C/C=C\CC. The molecule has 0 radical (unpaired) electrons. The van der Waals surface area contributed by atoms with E-state index in [0.717, 1.165) is 109 Å². The Morgan fingerprint density at radius 3 is 1.33 bits per heavy atom. The molecule has 0 aliphatic rings. The Labute approximate surface area is 349 Å². The maximum atomic E-state index is 12.7. The van der Waals surface area contributed by atoms with Crippen molar-refractivity contribution in [3.8, 4) is 0 Å². The molecule has 0 aromatic heterocycles. The van der Waals surface area contributed by atoms with E-state index < -0.39 is 6.10 Å². The molecule has 0 fully saturated rings. The van der Waals surface area contributed by atoms with Crippen LogP contribution in [0.2, 0.25) is 0 Å². The third kappa shape index (κ3) is 43.3. The molecule has 0 amide bonds. The lowest BCUT2D eigenvalue weighted by Gasteiger charge is -2.18. The molecule has 0 aromatic carbocycles. The molecular weight excluding hydrogens is 709 g/mol.